The summed E-state index contributed by atoms with van der Waals surface area (Å²) in [4.78, 5) is 23.1. The standard InChI is InChI=1S/C14H18O4/c1-10(15)8-9-14(2,17)13(16)11-6-4-5-7-12(11)18-3/h4-7,17H,8-9H2,1-3H3/t14-/m1/s1. The molecule has 18 heavy (non-hydrogen) atoms. The van der Waals surface area contributed by atoms with Crippen LogP contribution in [0.25, 0.3) is 0 Å². The maximum atomic E-state index is 12.2. The second-order valence-corrected chi connectivity index (χ2v) is 4.51. The van der Waals surface area contributed by atoms with Crippen LogP contribution < -0.4 is 4.74 Å². The Hall–Kier alpha value is -1.68. The predicted molar refractivity (Wildman–Crippen MR) is 67.9 cm³/mol. The molecule has 1 atom stereocenters. The van der Waals surface area contributed by atoms with Crippen LogP contribution in [0, 0.1) is 0 Å². The van der Waals surface area contributed by atoms with Gasteiger partial charge in [-0.3, -0.25) is 4.79 Å². The van der Waals surface area contributed by atoms with Gasteiger partial charge in [0.1, 0.15) is 17.1 Å². The molecule has 0 amide bonds. The molecule has 0 saturated heterocycles. The van der Waals surface area contributed by atoms with Crippen LogP contribution in [0.4, 0.5) is 0 Å². The summed E-state index contributed by atoms with van der Waals surface area (Å²) < 4.78 is 5.09. The summed E-state index contributed by atoms with van der Waals surface area (Å²) in [6.45, 7) is 2.86. The van der Waals surface area contributed by atoms with E-state index < -0.39 is 11.4 Å². The highest BCUT2D eigenvalue weighted by molar-refractivity contribution is 6.04. The molecule has 1 rings (SSSR count). The van der Waals surface area contributed by atoms with Crippen LogP contribution in [0.3, 0.4) is 0 Å². The maximum Gasteiger partial charge on any atom is 0.197 e. The summed E-state index contributed by atoms with van der Waals surface area (Å²) >= 11 is 0. The number of Topliss-reactive ketones (excluding diaryl/α,β-unsaturated/α-hetero) is 2. The molecular formula is C14H18O4. The van der Waals surface area contributed by atoms with Crippen LogP contribution in [-0.4, -0.2) is 29.4 Å². The van der Waals surface area contributed by atoms with Crippen molar-refractivity contribution in [2.75, 3.05) is 7.11 Å². The fraction of sp³-hybridized carbons (Fsp3) is 0.429. The molecule has 0 aliphatic carbocycles. The number of aliphatic hydroxyl groups is 1. The van der Waals surface area contributed by atoms with Crippen LogP contribution in [0.1, 0.15) is 37.0 Å². The molecule has 0 aliphatic heterocycles. The Morgan fingerprint density at radius 1 is 1.33 bits per heavy atom. The van der Waals surface area contributed by atoms with Gasteiger partial charge in [-0.1, -0.05) is 12.1 Å². The van der Waals surface area contributed by atoms with Crippen molar-refractivity contribution in [3.8, 4) is 5.75 Å². The van der Waals surface area contributed by atoms with E-state index in [9.17, 15) is 14.7 Å². The van der Waals surface area contributed by atoms with E-state index in [2.05, 4.69) is 0 Å². The fourth-order valence-electron chi connectivity index (χ4n) is 1.66. The summed E-state index contributed by atoms with van der Waals surface area (Å²) in [6.07, 6.45) is 0.285. The molecule has 0 fully saturated rings. The highest BCUT2D eigenvalue weighted by Gasteiger charge is 2.32. The van der Waals surface area contributed by atoms with Crippen LogP contribution in [0.15, 0.2) is 24.3 Å². The summed E-state index contributed by atoms with van der Waals surface area (Å²) in [5.41, 5.74) is -1.23. The molecule has 0 aliphatic rings. The normalized spacial score (nSPS) is 13.8. The fourth-order valence-corrected chi connectivity index (χ4v) is 1.66. The molecule has 4 nitrogen and oxygen atoms in total. The largest absolute Gasteiger partial charge is 0.496 e. The van der Waals surface area contributed by atoms with E-state index >= 15 is 0 Å². The third kappa shape index (κ3) is 3.40. The molecule has 1 aromatic carbocycles. The van der Waals surface area contributed by atoms with Gasteiger partial charge in [-0.25, -0.2) is 0 Å². The van der Waals surface area contributed by atoms with E-state index in [1.807, 2.05) is 0 Å². The van der Waals surface area contributed by atoms with Gasteiger partial charge in [-0.2, -0.15) is 0 Å². The van der Waals surface area contributed by atoms with Crippen molar-refractivity contribution in [3.63, 3.8) is 0 Å². The highest BCUT2D eigenvalue weighted by atomic mass is 16.5. The molecule has 4 heteroatoms. The number of rotatable bonds is 6. The lowest BCUT2D eigenvalue weighted by Gasteiger charge is -2.22. The third-order valence-electron chi connectivity index (χ3n) is 2.80. The van der Waals surface area contributed by atoms with Crippen molar-refractivity contribution in [2.24, 2.45) is 0 Å². The lowest BCUT2D eigenvalue weighted by Crippen LogP contribution is -2.35. The average Bonchev–Trinajstić information content (AvgIpc) is 2.35. The topological polar surface area (TPSA) is 63.6 Å². The van der Waals surface area contributed by atoms with E-state index in [0.29, 0.717) is 11.3 Å². The Balaban J connectivity index is 2.94. The molecule has 98 valence electrons. The second-order valence-electron chi connectivity index (χ2n) is 4.51. The van der Waals surface area contributed by atoms with Gasteiger partial charge < -0.3 is 14.6 Å². The lowest BCUT2D eigenvalue weighted by atomic mass is 9.89. The number of methoxy groups -OCH3 is 1. The number of ketones is 2. The van der Waals surface area contributed by atoms with Crippen LogP contribution in [0.5, 0.6) is 5.75 Å². The SMILES string of the molecule is COc1ccccc1C(=O)[C@](C)(O)CCC(C)=O. The Morgan fingerprint density at radius 2 is 1.94 bits per heavy atom. The number of para-hydroxylation sites is 1. The molecule has 0 bridgehead atoms. The Morgan fingerprint density at radius 3 is 2.50 bits per heavy atom. The predicted octanol–water partition coefficient (Wildman–Crippen LogP) is 2.00. The van der Waals surface area contributed by atoms with Crippen molar-refractivity contribution in [1.82, 2.24) is 0 Å². The number of carbonyl (C=O) groups excluding carboxylic acids is 2. The number of hydrogen-bond acceptors (Lipinski definition) is 4. The Bertz CT molecular complexity index is 449. The molecule has 0 unspecified atom stereocenters. The van der Waals surface area contributed by atoms with E-state index in [4.69, 9.17) is 4.74 Å². The van der Waals surface area contributed by atoms with Gasteiger partial charge >= 0.3 is 0 Å². The van der Waals surface area contributed by atoms with Gasteiger partial charge in [-0.15, -0.1) is 0 Å². The first kappa shape index (κ1) is 14.4. The molecule has 0 saturated carbocycles. The van der Waals surface area contributed by atoms with Crippen molar-refractivity contribution < 1.29 is 19.4 Å². The smallest absolute Gasteiger partial charge is 0.197 e. The van der Waals surface area contributed by atoms with Crippen LogP contribution >= 0.6 is 0 Å². The van der Waals surface area contributed by atoms with Gasteiger partial charge in [-0.05, 0) is 32.4 Å². The van der Waals surface area contributed by atoms with Crippen molar-refractivity contribution in [1.29, 1.82) is 0 Å². The molecule has 0 spiro atoms. The molecule has 0 heterocycles. The first-order valence-electron chi connectivity index (χ1n) is 5.78. The van der Waals surface area contributed by atoms with Gasteiger partial charge in [0.2, 0.25) is 0 Å². The number of hydrogen-bond donors (Lipinski definition) is 1. The summed E-state index contributed by atoms with van der Waals surface area (Å²) in [7, 11) is 1.47. The highest BCUT2D eigenvalue weighted by Crippen LogP contribution is 2.25. The van der Waals surface area contributed by atoms with E-state index in [0.717, 1.165) is 0 Å². The van der Waals surface area contributed by atoms with Crippen molar-refractivity contribution in [3.05, 3.63) is 29.8 Å². The first-order chi connectivity index (χ1) is 8.38. The molecule has 0 aromatic heterocycles. The maximum absolute atomic E-state index is 12.2. The summed E-state index contributed by atoms with van der Waals surface area (Å²) in [6, 6.07) is 6.72. The van der Waals surface area contributed by atoms with Gasteiger partial charge in [0.25, 0.3) is 0 Å². The van der Waals surface area contributed by atoms with E-state index in [-0.39, 0.29) is 18.6 Å². The number of ether oxygens (including phenoxy) is 1. The number of benzene rings is 1. The third-order valence-corrected chi connectivity index (χ3v) is 2.80. The quantitative estimate of drug-likeness (QED) is 0.784. The van der Waals surface area contributed by atoms with E-state index in [1.165, 1.54) is 21.0 Å². The average molecular weight is 250 g/mol. The van der Waals surface area contributed by atoms with Gasteiger partial charge in [0.05, 0.1) is 12.7 Å². The minimum Gasteiger partial charge on any atom is -0.496 e. The molecule has 1 aromatic rings. The van der Waals surface area contributed by atoms with Crippen LogP contribution in [0.2, 0.25) is 0 Å². The zero-order valence-corrected chi connectivity index (χ0v) is 10.9. The first-order valence-corrected chi connectivity index (χ1v) is 5.78. The molecular weight excluding hydrogens is 232 g/mol. The molecule has 1 N–H and O–H groups in total. The van der Waals surface area contributed by atoms with Crippen LogP contribution in [-0.2, 0) is 4.79 Å². The van der Waals surface area contributed by atoms with E-state index in [1.54, 1.807) is 24.3 Å². The Labute approximate surface area is 107 Å². The lowest BCUT2D eigenvalue weighted by molar-refractivity contribution is -0.117. The second kappa shape index (κ2) is 5.78. The Kier molecular flexibility index (Phi) is 4.62. The zero-order valence-electron chi connectivity index (χ0n) is 10.9. The minimum absolute atomic E-state index is 0.0527. The van der Waals surface area contributed by atoms with Crippen molar-refractivity contribution >= 4 is 11.6 Å². The zero-order chi connectivity index (χ0) is 13.8. The minimum atomic E-state index is -1.56. The summed E-state index contributed by atoms with van der Waals surface area (Å²) in [5, 5.41) is 10.1. The number of carbonyl (C=O) groups is 2. The monoisotopic (exact) mass is 250 g/mol. The van der Waals surface area contributed by atoms with Gasteiger partial charge in [0, 0.05) is 6.42 Å². The van der Waals surface area contributed by atoms with Gasteiger partial charge in [0.15, 0.2) is 5.78 Å². The van der Waals surface area contributed by atoms with Crippen molar-refractivity contribution in [2.45, 2.75) is 32.3 Å². The molecule has 0 radical (unpaired) electrons. The summed E-state index contributed by atoms with van der Waals surface area (Å²) in [5.74, 6) is -0.0603.